The molecule has 0 bridgehead atoms. The van der Waals surface area contributed by atoms with Gasteiger partial charge in [-0.15, -0.1) is 0 Å². The van der Waals surface area contributed by atoms with Crippen molar-refractivity contribution in [3.05, 3.63) is 0 Å². The van der Waals surface area contributed by atoms with Crippen LogP contribution < -0.4 is 5.32 Å². The molecule has 1 heterocycles. The molecule has 1 rings (SSSR count). The molecule has 0 radical (unpaired) electrons. The fraction of sp³-hybridized carbons (Fsp3) is 1.00. The Labute approximate surface area is 95.4 Å². The molecule has 15 heavy (non-hydrogen) atoms. The Morgan fingerprint density at radius 3 is 2.67 bits per heavy atom. The van der Waals surface area contributed by atoms with Crippen molar-refractivity contribution in [2.75, 3.05) is 26.7 Å². The molecule has 0 aliphatic carbocycles. The Kier molecular flexibility index (Phi) is 6.26. The topological polar surface area (TPSA) is 15.3 Å². The van der Waals surface area contributed by atoms with Gasteiger partial charge in [0.1, 0.15) is 0 Å². The van der Waals surface area contributed by atoms with Gasteiger partial charge in [-0.1, -0.05) is 20.3 Å². The van der Waals surface area contributed by atoms with Crippen LogP contribution in [0, 0.1) is 5.92 Å². The van der Waals surface area contributed by atoms with Crippen molar-refractivity contribution in [2.45, 2.75) is 52.0 Å². The van der Waals surface area contributed by atoms with E-state index in [1.54, 1.807) is 0 Å². The summed E-state index contributed by atoms with van der Waals surface area (Å²) in [5.41, 5.74) is 0. The Morgan fingerprint density at radius 2 is 2.07 bits per heavy atom. The molecule has 1 saturated heterocycles. The molecular formula is C13H28N2. The van der Waals surface area contributed by atoms with E-state index in [1.807, 2.05) is 0 Å². The highest BCUT2D eigenvalue weighted by Gasteiger charge is 2.12. The molecule has 2 nitrogen and oxygen atoms in total. The minimum Gasteiger partial charge on any atom is -0.314 e. The van der Waals surface area contributed by atoms with Gasteiger partial charge in [0.15, 0.2) is 0 Å². The highest BCUT2D eigenvalue weighted by atomic mass is 15.1. The van der Waals surface area contributed by atoms with Gasteiger partial charge in [-0.2, -0.15) is 0 Å². The molecule has 1 unspecified atom stereocenters. The van der Waals surface area contributed by atoms with Crippen LogP contribution in [0.2, 0.25) is 0 Å². The summed E-state index contributed by atoms with van der Waals surface area (Å²) in [5.74, 6) is 0.834. The van der Waals surface area contributed by atoms with Crippen LogP contribution in [0.5, 0.6) is 0 Å². The van der Waals surface area contributed by atoms with E-state index >= 15 is 0 Å². The van der Waals surface area contributed by atoms with Crippen molar-refractivity contribution in [1.82, 2.24) is 10.2 Å². The second kappa shape index (κ2) is 7.24. The lowest BCUT2D eigenvalue weighted by Crippen LogP contribution is -2.37. The molecule has 0 saturated carbocycles. The van der Waals surface area contributed by atoms with Crippen LogP contribution in [0.4, 0.5) is 0 Å². The number of nitrogens with zero attached hydrogens (tertiary/aromatic N) is 1. The molecule has 0 amide bonds. The van der Waals surface area contributed by atoms with E-state index in [9.17, 15) is 0 Å². The monoisotopic (exact) mass is 212 g/mol. The van der Waals surface area contributed by atoms with E-state index in [2.05, 4.69) is 31.1 Å². The predicted molar refractivity (Wildman–Crippen MR) is 67.2 cm³/mol. The van der Waals surface area contributed by atoms with Crippen LogP contribution in [0.15, 0.2) is 0 Å². The SMILES string of the molecule is CC(C)CCN(C)CCC1CCCCN1. The Bertz CT molecular complexity index is 151. The average molecular weight is 212 g/mol. The van der Waals surface area contributed by atoms with Gasteiger partial charge in [-0.05, 0) is 58.3 Å². The first-order chi connectivity index (χ1) is 7.18. The van der Waals surface area contributed by atoms with Crippen molar-refractivity contribution in [1.29, 1.82) is 0 Å². The summed E-state index contributed by atoms with van der Waals surface area (Å²) < 4.78 is 0. The Morgan fingerprint density at radius 1 is 1.27 bits per heavy atom. The molecule has 90 valence electrons. The maximum absolute atomic E-state index is 3.61. The molecule has 0 aromatic rings. The number of nitrogens with one attached hydrogen (secondary N) is 1. The summed E-state index contributed by atoms with van der Waals surface area (Å²) in [6.45, 7) is 8.35. The normalized spacial score (nSPS) is 22.6. The lowest BCUT2D eigenvalue weighted by atomic mass is 10.0. The minimum absolute atomic E-state index is 0.792. The van der Waals surface area contributed by atoms with Gasteiger partial charge < -0.3 is 10.2 Å². The fourth-order valence-corrected chi connectivity index (χ4v) is 2.14. The highest BCUT2D eigenvalue weighted by Crippen LogP contribution is 2.10. The molecule has 0 spiro atoms. The van der Waals surface area contributed by atoms with Crippen LogP contribution in [-0.2, 0) is 0 Å². The van der Waals surface area contributed by atoms with Crippen LogP contribution >= 0.6 is 0 Å². The van der Waals surface area contributed by atoms with Gasteiger partial charge in [0, 0.05) is 6.04 Å². The van der Waals surface area contributed by atoms with Crippen molar-refractivity contribution in [3.8, 4) is 0 Å². The van der Waals surface area contributed by atoms with E-state index < -0.39 is 0 Å². The summed E-state index contributed by atoms with van der Waals surface area (Å²) in [4.78, 5) is 2.48. The first-order valence-electron chi connectivity index (χ1n) is 6.60. The summed E-state index contributed by atoms with van der Waals surface area (Å²) >= 11 is 0. The zero-order chi connectivity index (χ0) is 11.1. The minimum atomic E-state index is 0.792. The smallest absolute Gasteiger partial charge is 0.00792 e. The number of hydrogen-bond donors (Lipinski definition) is 1. The summed E-state index contributed by atoms with van der Waals surface area (Å²) in [5, 5.41) is 3.61. The van der Waals surface area contributed by atoms with E-state index in [1.165, 1.54) is 51.7 Å². The molecule has 1 N–H and O–H groups in total. The van der Waals surface area contributed by atoms with E-state index in [0.29, 0.717) is 0 Å². The third-order valence-corrected chi connectivity index (χ3v) is 3.36. The average Bonchev–Trinajstić information content (AvgIpc) is 2.25. The molecule has 0 aromatic heterocycles. The quantitative estimate of drug-likeness (QED) is 0.728. The van der Waals surface area contributed by atoms with Crippen molar-refractivity contribution < 1.29 is 0 Å². The Hall–Kier alpha value is -0.0800. The summed E-state index contributed by atoms with van der Waals surface area (Å²) in [7, 11) is 2.26. The van der Waals surface area contributed by atoms with E-state index in [-0.39, 0.29) is 0 Å². The van der Waals surface area contributed by atoms with E-state index in [0.717, 1.165) is 12.0 Å². The molecular weight excluding hydrogens is 184 g/mol. The molecule has 2 heteroatoms. The third kappa shape index (κ3) is 6.16. The van der Waals surface area contributed by atoms with Crippen molar-refractivity contribution in [2.24, 2.45) is 5.92 Å². The molecule has 1 atom stereocenters. The van der Waals surface area contributed by atoms with Crippen molar-refractivity contribution in [3.63, 3.8) is 0 Å². The lowest BCUT2D eigenvalue weighted by molar-refractivity contribution is 0.274. The maximum atomic E-state index is 3.61. The summed E-state index contributed by atoms with van der Waals surface area (Å²) in [6.07, 6.45) is 6.84. The summed E-state index contributed by atoms with van der Waals surface area (Å²) in [6, 6.07) is 0.792. The van der Waals surface area contributed by atoms with Crippen LogP contribution in [0.3, 0.4) is 0 Å². The molecule has 1 aliphatic rings. The highest BCUT2D eigenvalue weighted by molar-refractivity contribution is 4.73. The number of hydrogen-bond acceptors (Lipinski definition) is 2. The van der Waals surface area contributed by atoms with Gasteiger partial charge >= 0.3 is 0 Å². The third-order valence-electron chi connectivity index (χ3n) is 3.36. The predicted octanol–water partition coefficient (Wildman–Crippen LogP) is 2.50. The van der Waals surface area contributed by atoms with Gasteiger partial charge in [-0.25, -0.2) is 0 Å². The van der Waals surface area contributed by atoms with Crippen molar-refractivity contribution >= 4 is 0 Å². The zero-order valence-electron chi connectivity index (χ0n) is 10.8. The lowest BCUT2D eigenvalue weighted by Gasteiger charge is -2.26. The molecule has 0 aromatic carbocycles. The first kappa shape index (κ1) is 13.0. The molecule has 1 aliphatic heterocycles. The van der Waals surface area contributed by atoms with Gasteiger partial charge in [0.25, 0.3) is 0 Å². The maximum Gasteiger partial charge on any atom is 0.00792 e. The van der Waals surface area contributed by atoms with Gasteiger partial charge in [0.2, 0.25) is 0 Å². The van der Waals surface area contributed by atoms with Crippen LogP contribution in [0.25, 0.3) is 0 Å². The standard InChI is InChI=1S/C13H28N2/c1-12(2)7-10-15(3)11-8-13-6-4-5-9-14-13/h12-14H,4-11H2,1-3H3. The fourth-order valence-electron chi connectivity index (χ4n) is 2.14. The van der Waals surface area contributed by atoms with Gasteiger partial charge in [-0.3, -0.25) is 0 Å². The van der Waals surface area contributed by atoms with Gasteiger partial charge in [0.05, 0.1) is 0 Å². The van der Waals surface area contributed by atoms with Crippen LogP contribution in [0.1, 0.15) is 46.0 Å². The second-order valence-electron chi connectivity index (χ2n) is 5.42. The number of rotatable bonds is 6. The number of piperidine rings is 1. The first-order valence-corrected chi connectivity index (χ1v) is 6.60. The zero-order valence-corrected chi connectivity index (χ0v) is 10.8. The Balaban J connectivity index is 2.02. The molecule has 1 fully saturated rings. The van der Waals surface area contributed by atoms with E-state index in [4.69, 9.17) is 0 Å². The largest absolute Gasteiger partial charge is 0.314 e. The second-order valence-corrected chi connectivity index (χ2v) is 5.42. The van der Waals surface area contributed by atoms with Crippen LogP contribution in [-0.4, -0.2) is 37.6 Å².